The number of rotatable bonds is 12. The smallest absolute Gasteiger partial charge is 0.349 e. The van der Waals surface area contributed by atoms with E-state index in [4.69, 9.17) is 10.00 Å². The average molecular weight is 453 g/mol. The highest BCUT2D eigenvalue weighted by Gasteiger charge is 2.16. The lowest BCUT2D eigenvalue weighted by molar-refractivity contribution is -0.140. The number of piperazine rings is 1. The summed E-state index contributed by atoms with van der Waals surface area (Å²) in [4.78, 5) is 27.5. The van der Waals surface area contributed by atoms with E-state index in [1.807, 2.05) is 24.5 Å². The van der Waals surface area contributed by atoms with Gasteiger partial charge in [-0.25, -0.2) is 4.79 Å². The molecule has 0 spiro atoms. The molecule has 0 saturated carbocycles. The van der Waals surface area contributed by atoms with Crippen LogP contribution in [0.25, 0.3) is 0 Å². The molecule has 178 valence electrons. The van der Waals surface area contributed by atoms with E-state index in [1.54, 1.807) is 26.0 Å². The summed E-state index contributed by atoms with van der Waals surface area (Å²) in [5.74, 6) is -0.223. The first-order valence-electron chi connectivity index (χ1n) is 11.6. The zero-order valence-corrected chi connectivity index (χ0v) is 20.3. The molecule has 0 aromatic carbocycles. The van der Waals surface area contributed by atoms with E-state index in [1.165, 1.54) is 0 Å². The molecule has 1 saturated heterocycles. The maximum absolute atomic E-state index is 12.4. The zero-order chi connectivity index (χ0) is 24.6. The van der Waals surface area contributed by atoms with Gasteiger partial charge in [-0.1, -0.05) is 33.1 Å². The van der Waals surface area contributed by atoms with E-state index in [0.717, 1.165) is 51.9 Å². The van der Waals surface area contributed by atoms with Gasteiger partial charge in [0.15, 0.2) is 6.29 Å². The third kappa shape index (κ3) is 9.78. The second-order valence-electron chi connectivity index (χ2n) is 8.21. The lowest BCUT2D eigenvalue weighted by Gasteiger charge is -2.33. The van der Waals surface area contributed by atoms with Crippen LogP contribution >= 0.6 is 0 Å². The molecule has 0 N–H and O–H groups in total. The fourth-order valence-corrected chi connectivity index (χ4v) is 3.31. The summed E-state index contributed by atoms with van der Waals surface area (Å²) in [6, 6.07) is 3.88. The molecule has 0 radical (unpaired) electrons. The van der Waals surface area contributed by atoms with Crippen LogP contribution in [-0.2, 0) is 14.3 Å². The SMILES string of the molecule is CCCCC(CC)COC(=O)/C(C#N)=C(C)/C=C/N1CCN(/C=C/C(C)=C(/C#N)C=O)CC1. The van der Waals surface area contributed by atoms with E-state index in [0.29, 0.717) is 30.0 Å². The van der Waals surface area contributed by atoms with Gasteiger partial charge >= 0.3 is 5.97 Å². The van der Waals surface area contributed by atoms with Gasteiger partial charge in [-0.15, -0.1) is 0 Å². The number of nitrogens with zero attached hydrogens (tertiary/aromatic N) is 4. The molecule has 0 aromatic heterocycles. The molecular weight excluding hydrogens is 416 g/mol. The molecule has 1 rings (SSSR count). The summed E-state index contributed by atoms with van der Waals surface area (Å²) in [5, 5.41) is 18.4. The van der Waals surface area contributed by atoms with Gasteiger partial charge < -0.3 is 14.5 Å². The summed E-state index contributed by atoms with van der Waals surface area (Å²) in [7, 11) is 0. The third-order valence-electron chi connectivity index (χ3n) is 5.79. The van der Waals surface area contributed by atoms with E-state index >= 15 is 0 Å². The largest absolute Gasteiger partial charge is 0.461 e. The molecule has 1 unspecified atom stereocenters. The summed E-state index contributed by atoms with van der Waals surface area (Å²) in [6.07, 6.45) is 12.1. The first kappa shape index (κ1) is 27.7. The minimum Gasteiger partial charge on any atom is -0.461 e. The number of allylic oxidation sites excluding steroid dienone is 5. The van der Waals surface area contributed by atoms with Gasteiger partial charge in [0, 0.05) is 26.2 Å². The molecule has 0 bridgehead atoms. The molecule has 1 heterocycles. The monoisotopic (exact) mass is 452 g/mol. The second-order valence-corrected chi connectivity index (χ2v) is 8.21. The molecule has 1 aliphatic heterocycles. The van der Waals surface area contributed by atoms with Crippen LogP contribution in [0.5, 0.6) is 0 Å². The van der Waals surface area contributed by atoms with Crippen molar-refractivity contribution >= 4 is 12.3 Å². The van der Waals surface area contributed by atoms with Gasteiger partial charge in [0.05, 0.1) is 12.2 Å². The number of ether oxygens (including phenoxy) is 1. The predicted molar refractivity (Wildman–Crippen MR) is 128 cm³/mol. The van der Waals surface area contributed by atoms with Crippen LogP contribution in [0, 0.1) is 28.6 Å². The van der Waals surface area contributed by atoms with E-state index < -0.39 is 5.97 Å². The summed E-state index contributed by atoms with van der Waals surface area (Å²) < 4.78 is 5.42. The summed E-state index contributed by atoms with van der Waals surface area (Å²) in [5.41, 5.74) is 1.41. The number of carbonyl (C=O) groups is 2. The lowest BCUT2D eigenvalue weighted by Crippen LogP contribution is -2.41. The lowest BCUT2D eigenvalue weighted by atomic mass is 10.0. The second kappa shape index (κ2) is 15.5. The Balaban J connectivity index is 2.64. The first-order chi connectivity index (χ1) is 15.9. The fraction of sp³-hybridized carbons (Fsp3) is 0.538. The number of nitriles is 2. The van der Waals surface area contributed by atoms with Crippen LogP contribution < -0.4 is 0 Å². The Morgan fingerprint density at radius 2 is 1.58 bits per heavy atom. The minimum atomic E-state index is -0.556. The van der Waals surface area contributed by atoms with Gasteiger partial charge in [-0.05, 0) is 61.9 Å². The molecule has 1 atom stereocenters. The molecule has 1 aliphatic rings. The number of aldehydes is 1. The van der Waals surface area contributed by atoms with Crippen molar-refractivity contribution in [2.75, 3.05) is 32.8 Å². The Bertz CT molecular complexity index is 863. The standard InChI is InChI=1S/C26H36N4O3/c1-5-7-8-23(6-2)20-33-26(32)25(18-28)22(4)10-12-30-15-13-29(14-16-30)11-9-21(3)24(17-27)19-31/h9-12,19,23H,5-8,13-16,20H2,1-4H3/b11-9+,12-10+,24-21-,25-22+. The molecule has 7 heteroatoms. The number of carbonyl (C=O) groups excluding carboxylic acids is 2. The van der Waals surface area contributed by atoms with Gasteiger partial charge in [-0.3, -0.25) is 4.79 Å². The number of hydrogen-bond acceptors (Lipinski definition) is 7. The van der Waals surface area contributed by atoms with Crippen LogP contribution in [0.1, 0.15) is 53.4 Å². The van der Waals surface area contributed by atoms with Crippen molar-refractivity contribution in [1.29, 1.82) is 10.5 Å². The summed E-state index contributed by atoms with van der Waals surface area (Å²) >= 11 is 0. The average Bonchev–Trinajstić information content (AvgIpc) is 2.83. The van der Waals surface area contributed by atoms with Gasteiger partial charge in [0.1, 0.15) is 17.7 Å². The number of esters is 1. The van der Waals surface area contributed by atoms with Crippen molar-refractivity contribution in [3.63, 3.8) is 0 Å². The highest BCUT2D eigenvalue weighted by Crippen LogP contribution is 2.15. The maximum atomic E-state index is 12.4. The summed E-state index contributed by atoms with van der Waals surface area (Å²) in [6.45, 7) is 11.2. The van der Waals surface area contributed by atoms with Crippen molar-refractivity contribution in [2.24, 2.45) is 5.92 Å². The van der Waals surface area contributed by atoms with Gasteiger partial charge in [0.25, 0.3) is 0 Å². The zero-order valence-electron chi connectivity index (χ0n) is 20.3. The topological polar surface area (TPSA) is 97.4 Å². The Labute approximate surface area is 198 Å². The van der Waals surface area contributed by atoms with Crippen molar-refractivity contribution < 1.29 is 14.3 Å². The fourth-order valence-electron chi connectivity index (χ4n) is 3.31. The minimum absolute atomic E-state index is 0.0453. The van der Waals surface area contributed by atoms with Gasteiger partial charge in [-0.2, -0.15) is 10.5 Å². The third-order valence-corrected chi connectivity index (χ3v) is 5.79. The molecule has 33 heavy (non-hydrogen) atoms. The molecule has 1 fully saturated rings. The van der Waals surface area contributed by atoms with Crippen molar-refractivity contribution in [3.05, 3.63) is 46.8 Å². The molecule has 0 aromatic rings. The van der Waals surface area contributed by atoms with Crippen LogP contribution in [0.3, 0.4) is 0 Å². The highest BCUT2D eigenvalue weighted by atomic mass is 16.5. The molecule has 7 nitrogen and oxygen atoms in total. The Kier molecular flexibility index (Phi) is 13.0. The van der Waals surface area contributed by atoms with Crippen LogP contribution in [0.2, 0.25) is 0 Å². The normalized spacial score (nSPS) is 16.7. The van der Waals surface area contributed by atoms with Crippen LogP contribution in [-0.4, -0.2) is 54.8 Å². The van der Waals surface area contributed by atoms with Crippen molar-refractivity contribution in [3.8, 4) is 12.1 Å². The molecular formula is C26H36N4O3. The van der Waals surface area contributed by atoms with Gasteiger partial charge in [0.2, 0.25) is 0 Å². The quantitative estimate of drug-likeness (QED) is 0.143. The predicted octanol–water partition coefficient (Wildman–Crippen LogP) is 4.27. The van der Waals surface area contributed by atoms with Crippen molar-refractivity contribution in [2.45, 2.75) is 53.4 Å². The highest BCUT2D eigenvalue weighted by molar-refractivity contribution is 5.94. The first-order valence-corrected chi connectivity index (χ1v) is 11.6. The Hall–Kier alpha value is -3.32. The van der Waals surface area contributed by atoms with E-state index in [9.17, 15) is 14.9 Å². The molecule has 0 aliphatic carbocycles. The van der Waals surface area contributed by atoms with Crippen LogP contribution in [0.15, 0.2) is 46.8 Å². The Morgan fingerprint density at radius 3 is 2.03 bits per heavy atom. The molecule has 0 amide bonds. The maximum Gasteiger partial charge on any atom is 0.349 e. The van der Waals surface area contributed by atoms with E-state index in [-0.39, 0.29) is 11.1 Å². The number of unbranched alkanes of at least 4 members (excludes halogenated alkanes) is 1. The van der Waals surface area contributed by atoms with E-state index in [2.05, 4.69) is 23.6 Å². The van der Waals surface area contributed by atoms with Crippen LogP contribution in [0.4, 0.5) is 0 Å². The Morgan fingerprint density at radius 1 is 1.00 bits per heavy atom. The van der Waals surface area contributed by atoms with Crippen molar-refractivity contribution in [1.82, 2.24) is 9.80 Å². The number of hydrogen-bond donors (Lipinski definition) is 0.